The first-order chi connectivity index (χ1) is 14.5. The van der Waals surface area contributed by atoms with Crippen LogP contribution in [0.2, 0.25) is 0 Å². The lowest BCUT2D eigenvalue weighted by Gasteiger charge is -2.38. The van der Waals surface area contributed by atoms with Crippen molar-refractivity contribution in [2.45, 2.75) is 71.1 Å². The van der Waals surface area contributed by atoms with Crippen molar-refractivity contribution in [2.24, 2.45) is 11.8 Å². The monoisotopic (exact) mass is 436 g/mol. The second-order valence-electron chi connectivity index (χ2n) is 8.72. The lowest BCUT2D eigenvalue weighted by molar-refractivity contribution is -0.185. The van der Waals surface area contributed by atoms with Gasteiger partial charge in [-0.25, -0.2) is 4.79 Å². The van der Waals surface area contributed by atoms with Crippen LogP contribution in [0.1, 0.15) is 46.1 Å². The van der Waals surface area contributed by atoms with Crippen molar-refractivity contribution >= 4 is 17.9 Å². The molecule has 0 spiro atoms. The van der Waals surface area contributed by atoms with Gasteiger partial charge in [0.15, 0.2) is 6.10 Å². The van der Waals surface area contributed by atoms with E-state index in [-0.39, 0.29) is 19.4 Å². The molecule has 0 aliphatic heterocycles. The van der Waals surface area contributed by atoms with Crippen LogP contribution < -0.4 is 0 Å². The predicted octanol–water partition coefficient (Wildman–Crippen LogP) is 2.41. The summed E-state index contributed by atoms with van der Waals surface area (Å²) in [4.78, 5) is 37.2. The number of carbonyl (C=O) groups is 3. The molecule has 1 aliphatic rings. The number of carbonyl (C=O) groups excluding carboxylic acids is 3. The molecule has 1 aromatic rings. The number of ether oxygens (including phenoxy) is 4. The quantitative estimate of drug-likeness (QED) is 0.513. The van der Waals surface area contributed by atoms with Crippen molar-refractivity contribution in [1.29, 1.82) is 0 Å². The summed E-state index contributed by atoms with van der Waals surface area (Å²) in [5, 5.41) is 10.5. The lowest BCUT2D eigenvalue weighted by Crippen LogP contribution is -2.49. The van der Waals surface area contributed by atoms with E-state index in [1.807, 2.05) is 30.3 Å². The Morgan fingerprint density at radius 3 is 2.26 bits per heavy atom. The highest BCUT2D eigenvalue weighted by atomic mass is 16.6. The van der Waals surface area contributed by atoms with Crippen LogP contribution >= 0.6 is 0 Å². The predicted molar refractivity (Wildman–Crippen MR) is 111 cm³/mol. The van der Waals surface area contributed by atoms with Crippen LogP contribution in [0.5, 0.6) is 0 Å². The summed E-state index contributed by atoms with van der Waals surface area (Å²) < 4.78 is 21.3. The fraction of sp³-hybridized carbons (Fsp3) is 0.609. The van der Waals surface area contributed by atoms with Gasteiger partial charge in [-0.05, 0) is 46.1 Å². The van der Waals surface area contributed by atoms with Gasteiger partial charge < -0.3 is 24.1 Å². The zero-order chi connectivity index (χ0) is 23.2. The fourth-order valence-corrected chi connectivity index (χ4v) is 3.51. The molecule has 1 N–H and O–H groups in total. The number of esters is 3. The van der Waals surface area contributed by atoms with Crippen molar-refractivity contribution in [3.8, 4) is 0 Å². The molecule has 8 nitrogen and oxygen atoms in total. The van der Waals surface area contributed by atoms with Gasteiger partial charge in [0.05, 0.1) is 31.2 Å². The van der Waals surface area contributed by atoms with Gasteiger partial charge in [0.1, 0.15) is 12.2 Å². The average Bonchev–Trinajstić information content (AvgIpc) is 2.71. The summed E-state index contributed by atoms with van der Waals surface area (Å²) in [6, 6.07) is 9.22. The molecule has 0 radical (unpaired) electrons. The van der Waals surface area contributed by atoms with Crippen LogP contribution in [-0.2, 0) is 39.9 Å². The van der Waals surface area contributed by atoms with Gasteiger partial charge in [0.2, 0.25) is 0 Å². The number of aliphatic hydroxyl groups is 1. The number of benzene rings is 1. The van der Waals surface area contributed by atoms with Gasteiger partial charge in [0.25, 0.3) is 0 Å². The highest BCUT2D eigenvalue weighted by Crippen LogP contribution is 2.35. The molecule has 0 heterocycles. The van der Waals surface area contributed by atoms with Gasteiger partial charge >= 0.3 is 17.9 Å². The van der Waals surface area contributed by atoms with Gasteiger partial charge in [-0.3, -0.25) is 9.59 Å². The van der Waals surface area contributed by atoms with Gasteiger partial charge in [-0.2, -0.15) is 0 Å². The first-order valence-corrected chi connectivity index (χ1v) is 10.4. The molecule has 5 atom stereocenters. The Balaban J connectivity index is 2.03. The number of aliphatic hydroxyl groups excluding tert-OH is 1. The third kappa shape index (κ3) is 7.33. The molecule has 0 bridgehead atoms. The van der Waals surface area contributed by atoms with E-state index in [0.717, 1.165) is 5.56 Å². The minimum absolute atomic E-state index is 0.0200. The summed E-state index contributed by atoms with van der Waals surface area (Å²) in [6.07, 6.45) is -2.86. The molecule has 0 aromatic heterocycles. The van der Waals surface area contributed by atoms with Gasteiger partial charge in [0, 0.05) is 0 Å². The average molecular weight is 437 g/mol. The summed E-state index contributed by atoms with van der Waals surface area (Å²) in [5.41, 5.74) is 0.102. The maximum atomic E-state index is 12.7. The molecule has 2 rings (SSSR count). The Morgan fingerprint density at radius 1 is 1.06 bits per heavy atom. The summed E-state index contributed by atoms with van der Waals surface area (Å²) >= 11 is 0. The van der Waals surface area contributed by atoms with E-state index in [4.69, 9.17) is 18.9 Å². The molecule has 1 aliphatic carbocycles. The molecule has 8 heteroatoms. The summed E-state index contributed by atoms with van der Waals surface area (Å²) in [5.74, 6) is -3.45. The maximum absolute atomic E-state index is 12.7. The van der Waals surface area contributed by atoms with Crippen LogP contribution in [0.25, 0.3) is 0 Å². The number of hydrogen-bond acceptors (Lipinski definition) is 8. The van der Waals surface area contributed by atoms with Crippen molar-refractivity contribution in [2.75, 3.05) is 7.11 Å². The van der Waals surface area contributed by atoms with Crippen LogP contribution in [0.15, 0.2) is 30.3 Å². The molecule has 0 amide bonds. The number of methoxy groups -OCH3 is 1. The van der Waals surface area contributed by atoms with Crippen molar-refractivity contribution < 1.29 is 38.4 Å². The maximum Gasteiger partial charge on any atom is 0.335 e. The highest BCUT2D eigenvalue weighted by molar-refractivity contribution is 5.82. The second kappa shape index (κ2) is 10.7. The zero-order valence-electron chi connectivity index (χ0n) is 18.7. The Morgan fingerprint density at radius 2 is 1.68 bits per heavy atom. The van der Waals surface area contributed by atoms with E-state index in [1.165, 1.54) is 14.0 Å². The van der Waals surface area contributed by atoms with Crippen molar-refractivity contribution in [1.82, 2.24) is 0 Å². The van der Waals surface area contributed by atoms with Crippen molar-refractivity contribution in [3.05, 3.63) is 35.9 Å². The Hall–Kier alpha value is -2.45. The van der Waals surface area contributed by atoms with Crippen LogP contribution in [0, 0.1) is 11.8 Å². The summed E-state index contributed by atoms with van der Waals surface area (Å²) in [7, 11) is 1.23. The molecule has 0 unspecified atom stereocenters. The molecular weight excluding hydrogens is 404 g/mol. The molecule has 0 saturated heterocycles. The highest BCUT2D eigenvalue weighted by Gasteiger charge is 2.46. The zero-order valence-corrected chi connectivity index (χ0v) is 18.7. The minimum Gasteiger partial charge on any atom is -0.469 e. The van der Waals surface area contributed by atoms with E-state index in [1.54, 1.807) is 20.8 Å². The third-order valence-electron chi connectivity index (χ3n) is 5.04. The molecule has 172 valence electrons. The first kappa shape index (κ1) is 24.8. The van der Waals surface area contributed by atoms with Crippen LogP contribution in [-0.4, -0.2) is 54.0 Å². The number of hydrogen-bond donors (Lipinski definition) is 1. The van der Waals surface area contributed by atoms with E-state index in [9.17, 15) is 19.5 Å². The normalized spacial score (nSPS) is 24.7. The van der Waals surface area contributed by atoms with E-state index in [2.05, 4.69) is 0 Å². The largest absolute Gasteiger partial charge is 0.469 e. The smallest absolute Gasteiger partial charge is 0.335 e. The molecule has 1 saturated carbocycles. The second-order valence-corrected chi connectivity index (χ2v) is 8.72. The van der Waals surface area contributed by atoms with Gasteiger partial charge in [-0.1, -0.05) is 30.3 Å². The summed E-state index contributed by atoms with van der Waals surface area (Å²) in [6.45, 7) is 6.82. The van der Waals surface area contributed by atoms with E-state index >= 15 is 0 Å². The standard InChI is InChI=1S/C23H32O8/c1-14(20(25)29-13-15-9-7-6-8-10-15)30-19-12-17(22(27)31-23(2,3)4)16(11-18(19)24)21(26)28-5/h6-10,14,16-19,24H,11-13H2,1-5H3/t14-,16+,17+,18+,19-/m1/s1. The molecule has 1 aromatic carbocycles. The Labute approximate surface area is 182 Å². The van der Waals surface area contributed by atoms with Crippen LogP contribution in [0.4, 0.5) is 0 Å². The van der Waals surface area contributed by atoms with Gasteiger partial charge in [-0.15, -0.1) is 0 Å². The van der Waals surface area contributed by atoms with Crippen LogP contribution in [0.3, 0.4) is 0 Å². The number of rotatable bonds is 7. The molecule has 1 fully saturated rings. The Bertz CT molecular complexity index is 755. The first-order valence-electron chi connectivity index (χ1n) is 10.4. The topological polar surface area (TPSA) is 108 Å². The van der Waals surface area contributed by atoms with E-state index in [0.29, 0.717) is 0 Å². The Kier molecular flexibility index (Phi) is 8.59. The van der Waals surface area contributed by atoms with Crippen molar-refractivity contribution in [3.63, 3.8) is 0 Å². The lowest BCUT2D eigenvalue weighted by atomic mass is 9.76. The molecular formula is C23H32O8. The fourth-order valence-electron chi connectivity index (χ4n) is 3.51. The third-order valence-corrected chi connectivity index (χ3v) is 5.04. The SMILES string of the molecule is COC(=O)[C@H]1C[C@H](O)[C@H](O[C@H](C)C(=O)OCc2ccccc2)C[C@@H]1C(=O)OC(C)(C)C. The van der Waals surface area contributed by atoms with E-state index < -0.39 is 53.7 Å². The molecule has 31 heavy (non-hydrogen) atoms. The minimum atomic E-state index is -1.05.